The molecule has 0 amide bonds. The lowest BCUT2D eigenvalue weighted by molar-refractivity contribution is 0.189. The summed E-state index contributed by atoms with van der Waals surface area (Å²) in [7, 11) is 0. The summed E-state index contributed by atoms with van der Waals surface area (Å²) >= 11 is 0. The van der Waals surface area contributed by atoms with Gasteiger partial charge in [-0.3, -0.25) is 0 Å². The molecule has 1 aromatic rings. The van der Waals surface area contributed by atoms with Crippen LogP contribution in [0.4, 0.5) is 0 Å². The lowest BCUT2D eigenvalue weighted by Gasteiger charge is -2.36. The molecule has 2 rings (SSSR count). The van der Waals surface area contributed by atoms with E-state index in [0.29, 0.717) is 17.6 Å². The molecule has 0 saturated heterocycles. The van der Waals surface area contributed by atoms with Gasteiger partial charge in [0.2, 0.25) is 5.89 Å². The molecule has 0 bridgehead atoms. The second kappa shape index (κ2) is 5.47. The van der Waals surface area contributed by atoms with E-state index in [-0.39, 0.29) is 5.41 Å². The quantitative estimate of drug-likeness (QED) is 0.915. The maximum Gasteiger partial charge on any atom is 0.232 e. The van der Waals surface area contributed by atoms with Gasteiger partial charge in [-0.05, 0) is 31.1 Å². The van der Waals surface area contributed by atoms with E-state index in [0.717, 1.165) is 25.2 Å². The summed E-state index contributed by atoms with van der Waals surface area (Å²) in [6.07, 6.45) is 5.62. The Hall–Kier alpha value is -0.900. The Balaban J connectivity index is 2.15. The Morgan fingerprint density at radius 1 is 1.40 bits per heavy atom. The Labute approximate surface area is 122 Å². The van der Waals surface area contributed by atoms with Crippen LogP contribution in [0.15, 0.2) is 4.52 Å². The first-order valence-electron chi connectivity index (χ1n) is 7.84. The second-order valence-corrected chi connectivity index (χ2v) is 7.92. The van der Waals surface area contributed by atoms with Crippen LogP contribution >= 0.6 is 0 Å². The zero-order valence-electron chi connectivity index (χ0n) is 13.6. The normalized spacial score (nSPS) is 28.1. The van der Waals surface area contributed by atoms with Crippen molar-refractivity contribution in [2.24, 2.45) is 17.6 Å². The first-order valence-corrected chi connectivity index (χ1v) is 7.84. The van der Waals surface area contributed by atoms with E-state index in [4.69, 9.17) is 10.3 Å². The molecule has 1 aliphatic carbocycles. The maximum absolute atomic E-state index is 6.62. The summed E-state index contributed by atoms with van der Waals surface area (Å²) in [4.78, 5) is 4.59. The summed E-state index contributed by atoms with van der Waals surface area (Å²) in [6.45, 7) is 10.8. The van der Waals surface area contributed by atoms with Crippen molar-refractivity contribution in [1.82, 2.24) is 10.1 Å². The molecule has 1 aliphatic rings. The predicted molar refractivity (Wildman–Crippen MR) is 80.3 cm³/mol. The van der Waals surface area contributed by atoms with Gasteiger partial charge in [0.05, 0.1) is 5.54 Å². The summed E-state index contributed by atoms with van der Waals surface area (Å²) < 4.78 is 5.42. The fraction of sp³-hybridized carbons (Fsp3) is 0.875. The van der Waals surface area contributed by atoms with Gasteiger partial charge in [-0.1, -0.05) is 52.6 Å². The fourth-order valence-corrected chi connectivity index (χ4v) is 3.23. The molecule has 1 aromatic heterocycles. The number of hydrogen-bond acceptors (Lipinski definition) is 4. The molecule has 1 heterocycles. The molecule has 0 spiro atoms. The van der Waals surface area contributed by atoms with Gasteiger partial charge in [0.1, 0.15) is 0 Å². The third-order valence-corrected chi connectivity index (χ3v) is 4.21. The standard InChI is InChI=1S/C16H29N3O/c1-11(2)9-12-7-6-8-16(17,10-12)13-18-14(20-19-13)15(3,4)5/h11-12H,6-10,17H2,1-5H3. The van der Waals surface area contributed by atoms with Crippen LogP contribution in [0.3, 0.4) is 0 Å². The van der Waals surface area contributed by atoms with Crippen LogP contribution in [-0.2, 0) is 11.0 Å². The highest BCUT2D eigenvalue weighted by atomic mass is 16.5. The van der Waals surface area contributed by atoms with Gasteiger partial charge < -0.3 is 10.3 Å². The predicted octanol–water partition coefficient (Wildman–Crippen LogP) is 3.76. The fourth-order valence-electron chi connectivity index (χ4n) is 3.23. The molecular weight excluding hydrogens is 250 g/mol. The maximum atomic E-state index is 6.62. The highest BCUT2D eigenvalue weighted by molar-refractivity contribution is 5.09. The molecule has 2 atom stereocenters. The smallest absolute Gasteiger partial charge is 0.232 e. The molecule has 20 heavy (non-hydrogen) atoms. The Morgan fingerprint density at radius 3 is 2.65 bits per heavy atom. The van der Waals surface area contributed by atoms with Gasteiger partial charge in [-0.25, -0.2) is 0 Å². The van der Waals surface area contributed by atoms with Crippen LogP contribution < -0.4 is 5.73 Å². The molecule has 1 saturated carbocycles. The lowest BCUT2D eigenvalue weighted by atomic mass is 9.73. The van der Waals surface area contributed by atoms with E-state index in [1.165, 1.54) is 12.8 Å². The molecule has 1 fully saturated rings. The molecule has 4 nitrogen and oxygen atoms in total. The van der Waals surface area contributed by atoms with Crippen LogP contribution in [0.1, 0.15) is 78.4 Å². The van der Waals surface area contributed by atoms with Crippen molar-refractivity contribution in [3.05, 3.63) is 11.7 Å². The van der Waals surface area contributed by atoms with E-state index in [1.807, 2.05) is 0 Å². The Morgan fingerprint density at radius 2 is 2.10 bits per heavy atom. The SMILES string of the molecule is CC(C)CC1CCCC(N)(c2noc(C(C)(C)C)n2)C1. The zero-order valence-corrected chi connectivity index (χ0v) is 13.6. The topological polar surface area (TPSA) is 64.9 Å². The van der Waals surface area contributed by atoms with Crippen LogP contribution in [0.5, 0.6) is 0 Å². The van der Waals surface area contributed by atoms with Gasteiger partial charge in [0.25, 0.3) is 0 Å². The Kier molecular flexibility index (Phi) is 4.24. The average Bonchev–Trinajstić information content (AvgIpc) is 2.77. The zero-order chi connectivity index (χ0) is 15.0. The van der Waals surface area contributed by atoms with Gasteiger partial charge in [0, 0.05) is 5.41 Å². The van der Waals surface area contributed by atoms with Crippen molar-refractivity contribution < 1.29 is 4.52 Å². The highest BCUT2D eigenvalue weighted by Crippen LogP contribution is 2.39. The van der Waals surface area contributed by atoms with Crippen molar-refractivity contribution in [3.8, 4) is 0 Å². The molecule has 114 valence electrons. The van der Waals surface area contributed by atoms with Gasteiger partial charge in [-0.2, -0.15) is 4.98 Å². The minimum atomic E-state index is -0.398. The molecule has 2 N–H and O–H groups in total. The van der Waals surface area contributed by atoms with Crippen molar-refractivity contribution in [2.75, 3.05) is 0 Å². The molecule has 0 aliphatic heterocycles. The van der Waals surface area contributed by atoms with E-state index in [1.54, 1.807) is 0 Å². The van der Waals surface area contributed by atoms with E-state index >= 15 is 0 Å². The van der Waals surface area contributed by atoms with Crippen molar-refractivity contribution in [1.29, 1.82) is 0 Å². The third-order valence-electron chi connectivity index (χ3n) is 4.21. The van der Waals surface area contributed by atoms with Crippen LogP contribution in [0, 0.1) is 11.8 Å². The third kappa shape index (κ3) is 3.40. The summed E-state index contributed by atoms with van der Waals surface area (Å²) in [5.41, 5.74) is 6.10. The first kappa shape index (κ1) is 15.5. The first-order chi connectivity index (χ1) is 9.21. The monoisotopic (exact) mass is 279 g/mol. The number of hydrogen-bond donors (Lipinski definition) is 1. The molecule has 0 radical (unpaired) electrons. The van der Waals surface area contributed by atoms with E-state index < -0.39 is 5.54 Å². The summed E-state index contributed by atoms with van der Waals surface area (Å²) in [5.74, 6) is 2.79. The second-order valence-electron chi connectivity index (χ2n) is 7.92. The minimum Gasteiger partial charge on any atom is -0.339 e. The molecule has 4 heteroatoms. The largest absolute Gasteiger partial charge is 0.339 e. The molecule has 2 unspecified atom stereocenters. The van der Waals surface area contributed by atoms with Crippen molar-refractivity contribution in [2.45, 2.75) is 77.7 Å². The van der Waals surface area contributed by atoms with E-state index in [9.17, 15) is 0 Å². The van der Waals surface area contributed by atoms with Crippen molar-refractivity contribution >= 4 is 0 Å². The number of nitrogens with two attached hydrogens (primary N) is 1. The lowest BCUT2D eigenvalue weighted by Crippen LogP contribution is -2.42. The van der Waals surface area contributed by atoms with E-state index in [2.05, 4.69) is 44.8 Å². The minimum absolute atomic E-state index is 0.117. The van der Waals surface area contributed by atoms with Crippen LogP contribution in [0.25, 0.3) is 0 Å². The van der Waals surface area contributed by atoms with Crippen molar-refractivity contribution in [3.63, 3.8) is 0 Å². The number of rotatable bonds is 3. The van der Waals surface area contributed by atoms with Gasteiger partial charge >= 0.3 is 0 Å². The molecular formula is C16H29N3O. The number of aromatic nitrogens is 2. The summed E-state index contributed by atoms with van der Waals surface area (Å²) in [5, 5.41) is 4.18. The van der Waals surface area contributed by atoms with Gasteiger partial charge in [0.15, 0.2) is 5.82 Å². The van der Waals surface area contributed by atoms with Crippen LogP contribution in [-0.4, -0.2) is 10.1 Å². The van der Waals surface area contributed by atoms with Gasteiger partial charge in [-0.15, -0.1) is 0 Å². The number of nitrogens with zero attached hydrogens (tertiary/aromatic N) is 2. The van der Waals surface area contributed by atoms with Crippen LogP contribution in [0.2, 0.25) is 0 Å². The molecule has 0 aromatic carbocycles. The average molecular weight is 279 g/mol. The highest BCUT2D eigenvalue weighted by Gasteiger charge is 2.39. The Bertz CT molecular complexity index is 447. The summed E-state index contributed by atoms with van der Waals surface area (Å²) in [6, 6.07) is 0.